The molecule has 6 heteroatoms. The Bertz CT molecular complexity index is 592. The fourth-order valence-corrected chi connectivity index (χ4v) is 1.50. The Morgan fingerprint density at radius 1 is 1.33 bits per heavy atom. The maximum Gasteiger partial charge on any atom is 0.246 e. The van der Waals surface area contributed by atoms with Crippen LogP contribution in [0.4, 0.5) is 0 Å². The molecule has 0 fully saturated rings. The second-order valence-corrected chi connectivity index (χ2v) is 6.04. The third-order valence-electron chi connectivity index (χ3n) is 2.10. The zero-order valence-electron chi connectivity index (χ0n) is 10.5. The molecule has 0 aliphatic heterocycles. The van der Waals surface area contributed by atoms with E-state index in [-0.39, 0.29) is 23.3 Å². The van der Waals surface area contributed by atoms with Crippen LogP contribution < -0.4 is 0 Å². The molecule has 96 valence electrons. The zero-order chi connectivity index (χ0) is 13.8. The minimum atomic E-state index is -3.39. The van der Waals surface area contributed by atoms with Crippen LogP contribution in [0.15, 0.2) is 17.6 Å². The summed E-state index contributed by atoms with van der Waals surface area (Å²) in [6.07, 6.45) is 3.87. The third kappa shape index (κ3) is 4.26. The molecule has 1 aromatic heterocycles. The number of carbonyl (C=O) groups is 1. The first-order chi connectivity index (χ1) is 8.30. The van der Waals surface area contributed by atoms with Crippen molar-refractivity contribution in [1.29, 1.82) is 0 Å². The van der Waals surface area contributed by atoms with Gasteiger partial charge in [0, 0.05) is 24.6 Å². The predicted molar refractivity (Wildman–Crippen MR) is 66.5 cm³/mol. The average molecular weight is 266 g/mol. The molecular formula is C12H14N2O3S. The van der Waals surface area contributed by atoms with Crippen molar-refractivity contribution in [2.75, 3.05) is 6.26 Å². The molecule has 0 spiro atoms. The van der Waals surface area contributed by atoms with Gasteiger partial charge in [-0.2, -0.15) is 0 Å². The van der Waals surface area contributed by atoms with Gasteiger partial charge in [0.2, 0.25) is 15.0 Å². The number of hydrogen-bond donors (Lipinski definition) is 0. The Kier molecular flexibility index (Phi) is 4.56. The maximum atomic E-state index is 11.3. The van der Waals surface area contributed by atoms with Crippen LogP contribution in [0.25, 0.3) is 0 Å². The summed E-state index contributed by atoms with van der Waals surface area (Å²) in [5.74, 6) is 5.46. The molecule has 0 radical (unpaired) electrons. The Morgan fingerprint density at radius 3 is 2.33 bits per heavy atom. The predicted octanol–water partition coefficient (Wildman–Crippen LogP) is 0.847. The summed E-state index contributed by atoms with van der Waals surface area (Å²) in [5.41, 5.74) is 0.485. The van der Waals surface area contributed by atoms with Gasteiger partial charge < -0.3 is 0 Å². The van der Waals surface area contributed by atoms with Crippen molar-refractivity contribution in [2.45, 2.75) is 25.4 Å². The Balaban J connectivity index is 2.77. The molecule has 0 bridgehead atoms. The van der Waals surface area contributed by atoms with Gasteiger partial charge in [0.05, 0.1) is 12.0 Å². The number of Topliss-reactive ketones (excluding diaryl/α,β-unsaturated/α-hetero) is 1. The molecule has 0 aliphatic carbocycles. The van der Waals surface area contributed by atoms with Gasteiger partial charge in [-0.15, -0.1) is 0 Å². The van der Waals surface area contributed by atoms with E-state index in [9.17, 15) is 13.2 Å². The normalized spacial score (nSPS) is 10.9. The topological polar surface area (TPSA) is 77.0 Å². The molecule has 0 amide bonds. The quantitative estimate of drug-likeness (QED) is 0.598. The highest BCUT2D eigenvalue weighted by Gasteiger charge is 2.09. The molecule has 1 rings (SSSR count). The van der Waals surface area contributed by atoms with E-state index in [1.54, 1.807) is 0 Å². The number of nitrogens with zero attached hydrogens (tertiary/aromatic N) is 2. The van der Waals surface area contributed by atoms with Gasteiger partial charge in [0.1, 0.15) is 5.78 Å². The molecule has 0 atom stereocenters. The van der Waals surface area contributed by atoms with Gasteiger partial charge in [-0.3, -0.25) is 4.79 Å². The number of rotatable bonds is 3. The zero-order valence-corrected chi connectivity index (χ0v) is 11.3. The summed E-state index contributed by atoms with van der Waals surface area (Å²) in [5, 5.41) is -0.230. The fraction of sp³-hybridized carbons (Fsp3) is 0.417. The van der Waals surface area contributed by atoms with Crippen molar-refractivity contribution < 1.29 is 13.2 Å². The largest absolute Gasteiger partial charge is 0.298 e. The molecule has 0 aromatic carbocycles. The Hall–Kier alpha value is -1.74. The lowest BCUT2D eigenvalue weighted by Crippen LogP contribution is -2.05. The van der Waals surface area contributed by atoms with Crippen LogP contribution in [0.5, 0.6) is 0 Å². The summed E-state index contributed by atoms with van der Waals surface area (Å²) < 4.78 is 22.2. The smallest absolute Gasteiger partial charge is 0.246 e. The summed E-state index contributed by atoms with van der Waals surface area (Å²) in [6.45, 7) is 3.63. The molecular weight excluding hydrogens is 252 g/mol. The first-order valence-corrected chi connectivity index (χ1v) is 7.23. The standard InChI is InChI=1S/C12H14N2O3S/c1-9(2)11(15)6-4-5-10-7-13-12(14-8-10)18(3,16)17/h7-9H,6H2,1-3H3. The number of ketones is 1. The highest BCUT2D eigenvalue weighted by Crippen LogP contribution is 2.01. The minimum absolute atomic E-state index is 0.0387. The molecule has 1 heterocycles. The second kappa shape index (κ2) is 5.74. The van der Waals surface area contributed by atoms with Crippen molar-refractivity contribution in [1.82, 2.24) is 9.97 Å². The lowest BCUT2D eigenvalue weighted by Gasteiger charge is -1.97. The Morgan fingerprint density at radius 2 is 1.89 bits per heavy atom. The maximum absolute atomic E-state index is 11.3. The van der Waals surface area contributed by atoms with Crippen LogP contribution >= 0.6 is 0 Å². The van der Waals surface area contributed by atoms with Crippen molar-refractivity contribution in [2.24, 2.45) is 5.92 Å². The van der Waals surface area contributed by atoms with Gasteiger partial charge >= 0.3 is 0 Å². The number of sulfone groups is 1. The van der Waals surface area contributed by atoms with Gasteiger partial charge in [-0.05, 0) is 0 Å². The SMILES string of the molecule is CC(C)C(=O)CC#Cc1cnc(S(C)(=O)=O)nc1. The highest BCUT2D eigenvalue weighted by atomic mass is 32.2. The number of carbonyl (C=O) groups excluding carboxylic acids is 1. The van der Waals surface area contributed by atoms with E-state index in [2.05, 4.69) is 21.8 Å². The summed E-state index contributed by atoms with van der Waals surface area (Å²) in [6, 6.07) is 0. The molecule has 0 aliphatic rings. The number of aromatic nitrogens is 2. The van der Waals surface area contributed by atoms with E-state index in [0.717, 1.165) is 6.26 Å². The molecule has 0 N–H and O–H groups in total. The van der Waals surface area contributed by atoms with Gasteiger partial charge in [0.25, 0.3) is 0 Å². The molecule has 18 heavy (non-hydrogen) atoms. The first kappa shape index (κ1) is 14.3. The van der Waals surface area contributed by atoms with Crippen LogP contribution in [-0.2, 0) is 14.6 Å². The van der Waals surface area contributed by atoms with E-state index in [0.29, 0.717) is 5.56 Å². The minimum Gasteiger partial charge on any atom is -0.298 e. The van der Waals surface area contributed by atoms with Gasteiger partial charge in [-0.25, -0.2) is 18.4 Å². The van der Waals surface area contributed by atoms with E-state index in [1.807, 2.05) is 13.8 Å². The average Bonchev–Trinajstić information content (AvgIpc) is 2.28. The monoisotopic (exact) mass is 266 g/mol. The van der Waals surface area contributed by atoms with Crippen LogP contribution in [-0.4, -0.2) is 30.4 Å². The van der Waals surface area contributed by atoms with E-state index in [1.165, 1.54) is 12.4 Å². The van der Waals surface area contributed by atoms with Crippen LogP contribution in [0.3, 0.4) is 0 Å². The molecule has 0 saturated heterocycles. The van der Waals surface area contributed by atoms with Crippen LogP contribution in [0, 0.1) is 17.8 Å². The van der Waals surface area contributed by atoms with E-state index < -0.39 is 9.84 Å². The third-order valence-corrected chi connectivity index (χ3v) is 2.97. The molecule has 5 nitrogen and oxygen atoms in total. The van der Waals surface area contributed by atoms with Crippen LogP contribution in [0.2, 0.25) is 0 Å². The summed E-state index contributed by atoms with van der Waals surface area (Å²) >= 11 is 0. The van der Waals surface area contributed by atoms with Crippen molar-refractivity contribution >= 4 is 15.6 Å². The lowest BCUT2D eigenvalue weighted by atomic mass is 10.1. The van der Waals surface area contributed by atoms with E-state index in [4.69, 9.17) is 0 Å². The van der Waals surface area contributed by atoms with Crippen LogP contribution in [0.1, 0.15) is 25.8 Å². The van der Waals surface area contributed by atoms with Gasteiger partial charge in [-0.1, -0.05) is 25.7 Å². The summed E-state index contributed by atoms with van der Waals surface area (Å²) in [4.78, 5) is 18.7. The van der Waals surface area contributed by atoms with Crippen molar-refractivity contribution in [3.05, 3.63) is 18.0 Å². The van der Waals surface area contributed by atoms with E-state index >= 15 is 0 Å². The Labute approximate surface area is 107 Å². The fourth-order valence-electron chi connectivity index (χ4n) is 1.01. The van der Waals surface area contributed by atoms with Crippen molar-refractivity contribution in [3.8, 4) is 11.8 Å². The highest BCUT2D eigenvalue weighted by molar-refractivity contribution is 7.90. The molecule has 0 saturated carbocycles. The van der Waals surface area contributed by atoms with Crippen molar-refractivity contribution in [3.63, 3.8) is 0 Å². The van der Waals surface area contributed by atoms with Gasteiger partial charge in [0.15, 0.2) is 0 Å². The lowest BCUT2D eigenvalue weighted by molar-refractivity contribution is -0.120. The summed E-state index contributed by atoms with van der Waals surface area (Å²) in [7, 11) is -3.39. The second-order valence-electron chi connectivity index (χ2n) is 4.13. The number of hydrogen-bond acceptors (Lipinski definition) is 5. The first-order valence-electron chi connectivity index (χ1n) is 5.34. The molecule has 1 aromatic rings. The molecule has 0 unspecified atom stereocenters.